The number of rotatable bonds is 4. The second-order valence-corrected chi connectivity index (χ2v) is 6.60. The summed E-state index contributed by atoms with van der Waals surface area (Å²) in [6.45, 7) is 3.51. The lowest BCUT2D eigenvalue weighted by molar-refractivity contribution is 0.796. The predicted octanol–water partition coefficient (Wildman–Crippen LogP) is 1.01. The molecule has 9 nitrogen and oxygen atoms in total. The van der Waals surface area contributed by atoms with Gasteiger partial charge in [-0.2, -0.15) is 5.26 Å². The molecule has 4 rings (SSSR count). The van der Waals surface area contributed by atoms with Crippen molar-refractivity contribution in [3.8, 4) is 6.07 Å². The highest BCUT2D eigenvalue weighted by Gasteiger charge is 2.26. The predicted molar refractivity (Wildman–Crippen MR) is 98.9 cm³/mol. The Balaban J connectivity index is 1.49. The molecule has 0 aromatic carbocycles. The second-order valence-electron chi connectivity index (χ2n) is 6.60. The minimum atomic E-state index is 0.180. The van der Waals surface area contributed by atoms with Crippen LogP contribution in [0.4, 0.5) is 23.3 Å². The quantitative estimate of drug-likeness (QED) is 0.831. The number of hydrogen-bond acceptors (Lipinski definition) is 9. The normalized spacial score (nSPS) is 19.6. The molecule has 2 aromatic rings. The number of nitrogens with zero attached hydrogens (tertiary/aromatic N) is 7. The van der Waals surface area contributed by atoms with E-state index in [0.717, 1.165) is 57.1 Å². The van der Waals surface area contributed by atoms with Crippen LogP contribution in [-0.4, -0.2) is 52.2 Å². The van der Waals surface area contributed by atoms with E-state index in [1.54, 1.807) is 6.07 Å². The first-order chi connectivity index (χ1) is 12.7. The number of aromatic nitrogens is 4. The highest BCUT2D eigenvalue weighted by molar-refractivity contribution is 5.66. The summed E-state index contributed by atoms with van der Waals surface area (Å²) < 4.78 is 0. The molecular weight excluding hydrogens is 330 g/mol. The third-order valence-corrected chi connectivity index (χ3v) is 4.87. The van der Waals surface area contributed by atoms with Gasteiger partial charge in [0.2, 0.25) is 0 Å². The van der Waals surface area contributed by atoms with Crippen molar-refractivity contribution in [2.24, 2.45) is 0 Å². The molecule has 0 radical (unpaired) electrons. The van der Waals surface area contributed by atoms with Gasteiger partial charge >= 0.3 is 0 Å². The molecule has 0 spiro atoms. The van der Waals surface area contributed by atoms with Crippen LogP contribution in [0.2, 0.25) is 0 Å². The molecule has 134 valence electrons. The molecule has 2 aliphatic heterocycles. The lowest BCUT2D eigenvalue weighted by atomic mass is 10.2. The molecule has 9 heteroatoms. The topological polar surface area (TPSA) is 120 Å². The Morgan fingerprint density at radius 2 is 1.88 bits per heavy atom. The Labute approximate surface area is 151 Å². The van der Waals surface area contributed by atoms with Gasteiger partial charge in [-0.3, -0.25) is 0 Å². The van der Waals surface area contributed by atoms with Gasteiger partial charge in [0.25, 0.3) is 0 Å². The molecule has 26 heavy (non-hydrogen) atoms. The fourth-order valence-electron chi connectivity index (χ4n) is 3.57. The van der Waals surface area contributed by atoms with Gasteiger partial charge in [0.1, 0.15) is 41.7 Å². The fraction of sp³-hybridized carbons (Fsp3) is 0.471. The van der Waals surface area contributed by atoms with Gasteiger partial charge in [-0.05, 0) is 19.3 Å². The Bertz CT molecular complexity index is 825. The highest BCUT2D eigenvalue weighted by Crippen LogP contribution is 2.27. The molecule has 0 bridgehead atoms. The Morgan fingerprint density at radius 3 is 2.65 bits per heavy atom. The van der Waals surface area contributed by atoms with Crippen LogP contribution in [0.5, 0.6) is 0 Å². The minimum Gasteiger partial charge on any atom is -0.384 e. The van der Waals surface area contributed by atoms with E-state index in [0.29, 0.717) is 17.2 Å². The van der Waals surface area contributed by atoms with Gasteiger partial charge in [0.15, 0.2) is 5.82 Å². The molecule has 1 unspecified atom stereocenters. The van der Waals surface area contributed by atoms with Crippen molar-refractivity contribution in [1.29, 1.82) is 5.26 Å². The van der Waals surface area contributed by atoms with Crippen molar-refractivity contribution in [1.82, 2.24) is 19.9 Å². The summed E-state index contributed by atoms with van der Waals surface area (Å²) in [7, 11) is 0. The highest BCUT2D eigenvalue weighted by atomic mass is 15.3. The molecule has 2 aliphatic rings. The average Bonchev–Trinajstić information content (AvgIpc) is 3.33. The smallest absolute Gasteiger partial charge is 0.152 e. The Kier molecular flexibility index (Phi) is 4.39. The number of hydrogen-bond donors (Lipinski definition) is 2. The van der Waals surface area contributed by atoms with E-state index in [9.17, 15) is 5.26 Å². The SMILES string of the molecule is N#Cc1c(NC2CCN(c3cc(N)ncn3)C2)ncnc1N1CCCC1. The Morgan fingerprint density at radius 1 is 1.08 bits per heavy atom. The summed E-state index contributed by atoms with van der Waals surface area (Å²) in [5.74, 6) is 2.63. The van der Waals surface area contributed by atoms with E-state index >= 15 is 0 Å². The summed E-state index contributed by atoms with van der Waals surface area (Å²) in [4.78, 5) is 21.2. The number of anilines is 4. The third-order valence-electron chi connectivity index (χ3n) is 4.87. The number of nitrogens with two attached hydrogens (primary N) is 1. The summed E-state index contributed by atoms with van der Waals surface area (Å²) in [5.41, 5.74) is 6.27. The van der Waals surface area contributed by atoms with Crippen molar-refractivity contribution in [3.05, 3.63) is 24.3 Å². The summed E-state index contributed by atoms with van der Waals surface area (Å²) >= 11 is 0. The van der Waals surface area contributed by atoms with Crippen LogP contribution < -0.4 is 20.9 Å². The van der Waals surface area contributed by atoms with Crippen LogP contribution in [0.15, 0.2) is 18.7 Å². The van der Waals surface area contributed by atoms with E-state index in [4.69, 9.17) is 5.73 Å². The van der Waals surface area contributed by atoms with Crippen LogP contribution in [0.3, 0.4) is 0 Å². The van der Waals surface area contributed by atoms with Gasteiger partial charge < -0.3 is 20.9 Å². The van der Waals surface area contributed by atoms with Crippen LogP contribution in [0, 0.1) is 11.3 Å². The number of nitrogens with one attached hydrogen (secondary N) is 1. The van der Waals surface area contributed by atoms with Gasteiger partial charge in [0.05, 0.1) is 0 Å². The molecule has 2 fully saturated rings. The summed E-state index contributed by atoms with van der Waals surface area (Å²) in [6.07, 6.45) is 6.22. The van der Waals surface area contributed by atoms with Crippen LogP contribution in [-0.2, 0) is 0 Å². The second kappa shape index (κ2) is 7.00. The van der Waals surface area contributed by atoms with Crippen molar-refractivity contribution in [2.75, 3.05) is 47.0 Å². The molecule has 0 amide bonds. The third kappa shape index (κ3) is 3.18. The molecular formula is C17H21N9. The lowest BCUT2D eigenvalue weighted by Crippen LogP contribution is -2.28. The molecule has 4 heterocycles. The molecule has 0 saturated carbocycles. The van der Waals surface area contributed by atoms with Crippen molar-refractivity contribution < 1.29 is 0 Å². The van der Waals surface area contributed by atoms with Gasteiger partial charge in [-0.25, -0.2) is 19.9 Å². The van der Waals surface area contributed by atoms with E-state index in [-0.39, 0.29) is 6.04 Å². The number of nitrogen functional groups attached to an aromatic ring is 1. The van der Waals surface area contributed by atoms with E-state index in [1.165, 1.54) is 12.7 Å². The van der Waals surface area contributed by atoms with Crippen molar-refractivity contribution >= 4 is 23.3 Å². The first-order valence-corrected chi connectivity index (χ1v) is 8.83. The van der Waals surface area contributed by atoms with Crippen molar-refractivity contribution in [3.63, 3.8) is 0 Å². The maximum atomic E-state index is 9.66. The molecule has 0 aliphatic carbocycles. The minimum absolute atomic E-state index is 0.180. The van der Waals surface area contributed by atoms with Gasteiger partial charge in [-0.1, -0.05) is 0 Å². The van der Waals surface area contributed by atoms with Crippen LogP contribution in [0.25, 0.3) is 0 Å². The lowest BCUT2D eigenvalue weighted by Gasteiger charge is -2.21. The fourth-order valence-corrected chi connectivity index (χ4v) is 3.57. The van der Waals surface area contributed by atoms with E-state index in [1.807, 2.05) is 0 Å². The zero-order chi connectivity index (χ0) is 17.9. The average molecular weight is 351 g/mol. The molecule has 1 atom stereocenters. The van der Waals surface area contributed by atoms with Crippen LogP contribution in [0.1, 0.15) is 24.8 Å². The molecule has 2 aromatic heterocycles. The summed E-state index contributed by atoms with van der Waals surface area (Å²) in [5, 5.41) is 13.1. The Hall–Kier alpha value is -3.15. The first-order valence-electron chi connectivity index (χ1n) is 8.83. The van der Waals surface area contributed by atoms with Crippen molar-refractivity contribution in [2.45, 2.75) is 25.3 Å². The van der Waals surface area contributed by atoms with Crippen LogP contribution >= 0.6 is 0 Å². The maximum Gasteiger partial charge on any atom is 0.152 e. The van der Waals surface area contributed by atoms with E-state index < -0.39 is 0 Å². The first kappa shape index (κ1) is 16.3. The zero-order valence-electron chi connectivity index (χ0n) is 14.5. The largest absolute Gasteiger partial charge is 0.384 e. The molecule has 2 saturated heterocycles. The zero-order valence-corrected chi connectivity index (χ0v) is 14.5. The standard InChI is InChI=1S/C17H21N9/c18-8-13-16(22-11-23-17(13)25-4-1-2-5-25)24-12-3-6-26(9-12)15-7-14(19)20-10-21-15/h7,10-12H,1-6,9H2,(H2,19,20,21)(H,22,23,24). The monoisotopic (exact) mass is 351 g/mol. The molecule has 3 N–H and O–H groups in total. The van der Waals surface area contributed by atoms with E-state index in [2.05, 4.69) is 41.1 Å². The van der Waals surface area contributed by atoms with Gasteiger partial charge in [-0.15, -0.1) is 0 Å². The maximum absolute atomic E-state index is 9.66. The summed E-state index contributed by atoms with van der Waals surface area (Å²) in [6, 6.07) is 4.24. The number of nitriles is 1. The van der Waals surface area contributed by atoms with Gasteiger partial charge in [0, 0.05) is 38.3 Å².